The van der Waals surface area contributed by atoms with Crippen LogP contribution in [0.3, 0.4) is 0 Å². The van der Waals surface area contributed by atoms with Crippen LogP contribution < -0.4 is 15.5 Å². The molecule has 2 aromatic rings. The summed E-state index contributed by atoms with van der Waals surface area (Å²) in [7, 11) is 0. The third-order valence-electron chi connectivity index (χ3n) is 5.72. The summed E-state index contributed by atoms with van der Waals surface area (Å²) in [6, 6.07) is 10.6. The molecule has 1 saturated carbocycles. The zero-order chi connectivity index (χ0) is 19.3. The van der Waals surface area contributed by atoms with E-state index in [1.54, 1.807) is 6.33 Å². The first-order valence-electron chi connectivity index (χ1n) is 10.4. The summed E-state index contributed by atoms with van der Waals surface area (Å²) in [6.45, 7) is 4.00. The van der Waals surface area contributed by atoms with Gasteiger partial charge in [0, 0.05) is 37.3 Å². The number of hydrogen-bond acceptors (Lipinski definition) is 5. The fourth-order valence-corrected chi connectivity index (χ4v) is 3.75. The average Bonchev–Trinajstić information content (AvgIpc) is 3.53. The first-order valence-corrected chi connectivity index (χ1v) is 10.4. The Balaban J connectivity index is 1.22. The molecule has 0 atom stereocenters. The molecule has 28 heavy (non-hydrogen) atoms. The number of nitrogens with one attached hydrogen (secondary N) is 2. The van der Waals surface area contributed by atoms with Crippen LogP contribution in [0.5, 0.6) is 0 Å². The van der Waals surface area contributed by atoms with E-state index in [0.717, 1.165) is 55.2 Å². The summed E-state index contributed by atoms with van der Waals surface area (Å²) in [4.78, 5) is 23.4. The predicted molar refractivity (Wildman–Crippen MR) is 113 cm³/mol. The molecular formula is C22H29N5O. The molecule has 0 radical (unpaired) electrons. The third kappa shape index (κ3) is 5.00. The van der Waals surface area contributed by atoms with Gasteiger partial charge in [-0.05, 0) is 56.6 Å². The van der Waals surface area contributed by atoms with Crippen molar-refractivity contribution in [1.82, 2.24) is 9.97 Å². The molecule has 1 aromatic carbocycles. The summed E-state index contributed by atoms with van der Waals surface area (Å²) < 4.78 is 0. The standard InChI is InChI=1S/C22H29N5O/c1-16-4-2-3-5-19(16)26-22(28)9-6-17-10-12-27(13-11-17)21-14-20(23-15-24-21)25-18-7-8-18/h2-5,14-15,17-18H,6-13H2,1H3,(H,26,28)(H,23,24,25). The van der Waals surface area contributed by atoms with Gasteiger partial charge in [-0.3, -0.25) is 4.79 Å². The van der Waals surface area contributed by atoms with E-state index in [1.165, 1.54) is 12.8 Å². The molecule has 1 amide bonds. The summed E-state index contributed by atoms with van der Waals surface area (Å²) in [5.74, 6) is 2.66. The van der Waals surface area contributed by atoms with Crippen LogP contribution in [0.25, 0.3) is 0 Å². The van der Waals surface area contributed by atoms with Crippen LogP contribution in [-0.2, 0) is 4.79 Å². The van der Waals surface area contributed by atoms with Crippen molar-refractivity contribution >= 4 is 23.2 Å². The molecule has 2 fully saturated rings. The quantitative estimate of drug-likeness (QED) is 0.761. The van der Waals surface area contributed by atoms with Crippen LogP contribution in [0.2, 0.25) is 0 Å². The van der Waals surface area contributed by atoms with E-state index in [2.05, 4.69) is 31.6 Å². The molecule has 2 heterocycles. The molecule has 1 aliphatic carbocycles. The van der Waals surface area contributed by atoms with E-state index in [4.69, 9.17) is 0 Å². The molecule has 1 saturated heterocycles. The molecule has 6 nitrogen and oxygen atoms in total. The Kier molecular flexibility index (Phi) is 5.74. The molecule has 0 unspecified atom stereocenters. The van der Waals surface area contributed by atoms with Crippen molar-refractivity contribution in [1.29, 1.82) is 0 Å². The van der Waals surface area contributed by atoms with Crippen molar-refractivity contribution < 1.29 is 4.79 Å². The van der Waals surface area contributed by atoms with Crippen molar-refractivity contribution in [2.45, 2.75) is 51.5 Å². The van der Waals surface area contributed by atoms with Crippen LogP contribution >= 0.6 is 0 Å². The van der Waals surface area contributed by atoms with Crippen molar-refractivity contribution in [2.75, 3.05) is 28.6 Å². The van der Waals surface area contributed by atoms with Gasteiger partial charge in [-0.2, -0.15) is 0 Å². The number of piperidine rings is 1. The van der Waals surface area contributed by atoms with E-state index in [-0.39, 0.29) is 5.91 Å². The van der Waals surface area contributed by atoms with Gasteiger partial charge in [0.25, 0.3) is 0 Å². The normalized spacial score (nSPS) is 17.4. The zero-order valence-corrected chi connectivity index (χ0v) is 16.5. The first kappa shape index (κ1) is 18.7. The van der Waals surface area contributed by atoms with Crippen LogP contribution in [0.4, 0.5) is 17.3 Å². The van der Waals surface area contributed by atoms with Gasteiger partial charge in [-0.1, -0.05) is 18.2 Å². The Morgan fingerprint density at radius 2 is 1.93 bits per heavy atom. The number of aryl methyl sites for hydroxylation is 1. The fourth-order valence-electron chi connectivity index (χ4n) is 3.75. The van der Waals surface area contributed by atoms with Gasteiger partial charge in [0.1, 0.15) is 18.0 Å². The molecule has 6 heteroatoms. The van der Waals surface area contributed by atoms with E-state index in [0.29, 0.717) is 18.4 Å². The maximum atomic E-state index is 12.3. The number of hydrogen-bond donors (Lipinski definition) is 2. The van der Waals surface area contributed by atoms with Crippen LogP contribution in [0.1, 0.15) is 44.1 Å². The molecule has 1 aliphatic heterocycles. The lowest BCUT2D eigenvalue weighted by Gasteiger charge is -2.32. The number of rotatable bonds is 7. The second-order valence-electron chi connectivity index (χ2n) is 8.01. The maximum absolute atomic E-state index is 12.3. The van der Waals surface area contributed by atoms with E-state index >= 15 is 0 Å². The monoisotopic (exact) mass is 379 g/mol. The van der Waals surface area contributed by atoms with Crippen molar-refractivity contribution in [2.24, 2.45) is 5.92 Å². The molecule has 0 bridgehead atoms. The highest BCUT2D eigenvalue weighted by molar-refractivity contribution is 5.91. The molecule has 2 aliphatic rings. The Bertz CT molecular complexity index is 812. The lowest BCUT2D eigenvalue weighted by molar-refractivity contribution is -0.116. The van der Waals surface area contributed by atoms with Gasteiger partial charge >= 0.3 is 0 Å². The Morgan fingerprint density at radius 1 is 1.14 bits per heavy atom. The van der Waals surface area contributed by atoms with Crippen molar-refractivity contribution in [3.05, 3.63) is 42.2 Å². The highest BCUT2D eigenvalue weighted by atomic mass is 16.1. The molecule has 4 rings (SSSR count). The van der Waals surface area contributed by atoms with Crippen LogP contribution in [0.15, 0.2) is 36.7 Å². The van der Waals surface area contributed by atoms with Gasteiger partial charge in [0.05, 0.1) is 0 Å². The number of carbonyl (C=O) groups excluding carboxylic acids is 1. The number of amides is 1. The number of benzene rings is 1. The molecular weight excluding hydrogens is 350 g/mol. The lowest BCUT2D eigenvalue weighted by atomic mass is 9.92. The number of para-hydroxylation sites is 1. The van der Waals surface area contributed by atoms with Crippen LogP contribution in [-0.4, -0.2) is 35.0 Å². The van der Waals surface area contributed by atoms with Gasteiger partial charge in [-0.15, -0.1) is 0 Å². The summed E-state index contributed by atoms with van der Waals surface area (Å²) in [5, 5.41) is 6.48. The smallest absolute Gasteiger partial charge is 0.224 e. The second kappa shape index (κ2) is 8.59. The minimum atomic E-state index is 0.114. The Morgan fingerprint density at radius 3 is 2.68 bits per heavy atom. The molecule has 0 spiro atoms. The Labute approximate surface area is 166 Å². The number of aromatic nitrogens is 2. The maximum Gasteiger partial charge on any atom is 0.224 e. The highest BCUT2D eigenvalue weighted by Gasteiger charge is 2.23. The molecule has 2 N–H and O–H groups in total. The van der Waals surface area contributed by atoms with Crippen molar-refractivity contribution in [3.8, 4) is 0 Å². The first-order chi connectivity index (χ1) is 13.7. The fraction of sp³-hybridized carbons (Fsp3) is 0.500. The average molecular weight is 380 g/mol. The zero-order valence-electron chi connectivity index (χ0n) is 16.5. The third-order valence-corrected chi connectivity index (χ3v) is 5.72. The minimum Gasteiger partial charge on any atom is -0.367 e. The van der Waals surface area contributed by atoms with Gasteiger partial charge in [0.15, 0.2) is 0 Å². The lowest BCUT2D eigenvalue weighted by Crippen LogP contribution is -2.34. The summed E-state index contributed by atoms with van der Waals surface area (Å²) >= 11 is 0. The second-order valence-corrected chi connectivity index (χ2v) is 8.01. The van der Waals surface area contributed by atoms with E-state index < -0.39 is 0 Å². The number of nitrogens with zero attached hydrogens (tertiary/aromatic N) is 3. The van der Waals surface area contributed by atoms with Crippen molar-refractivity contribution in [3.63, 3.8) is 0 Å². The van der Waals surface area contributed by atoms with Gasteiger partial charge in [-0.25, -0.2) is 9.97 Å². The predicted octanol–water partition coefficient (Wildman–Crippen LogP) is 3.99. The van der Waals surface area contributed by atoms with Gasteiger partial charge < -0.3 is 15.5 Å². The van der Waals surface area contributed by atoms with Gasteiger partial charge in [0.2, 0.25) is 5.91 Å². The molecule has 1 aromatic heterocycles. The number of anilines is 3. The molecule has 148 valence electrons. The minimum absolute atomic E-state index is 0.114. The summed E-state index contributed by atoms with van der Waals surface area (Å²) in [6.07, 6.45) is 7.87. The summed E-state index contributed by atoms with van der Waals surface area (Å²) in [5.41, 5.74) is 2.02. The van der Waals surface area contributed by atoms with E-state index in [9.17, 15) is 4.79 Å². The number of carbonyl (C=O) groups is 1. The van der Waals surface area contributed by atoms with E-state index in [1.807, 2.05) is 31.2 Å². The SMILES string of the molecule is Cc1ccccc1NC(=O)CCC1CCN(c2cc(NC3CC3)ncn2)CC1. The topological polar surface area (TPSA) is 70.2 Å². The largest absolute Gasteiger partial charge is 0.367 e. The Hall–Kier alpha value is -2.63. The van der Waals surface area contributed by atoms with Crippen LogP contribution in [0, 0.1) is 12.8 Å². The highest BCUT2D eigenvalue weighted by Crippen LogP contribution is 2.28.